The summed E-state index contributed by atoms with van der Waals surface area (Å²) in [6.07, 6.45) is 3.96. The molecule has 0 aromatic heterocycles. The maximum atomic E-state index is 14.4. The van der Waals surface area contributed by atoms with E-state index in [9.17, 15) is 18.3 Å². The van der Waals surface area contributed by atoms with Crippen molar-refractivity contribution in [3.63, 3.8) is 0 Å². The normalized spacial score (nSPS) is 22.1. The van der Waals surface area contributed by atoms with Crippen LogP contribution in [0.15, 0.2) is 6.07 Å². The fourth-order valence-electron chi connectivity index (χ4n) is 3.83. The first-order valence-electron chi connectivity index (χ1n) is 7.90. The highest BCUT2D eigenvalue weighted by Gasteiger charge is 2.36. The van der Waals surface area contributed by atoms with Crippen LogP contribution in [0.25, 0.3) is 0 Å². The second-order valence-corrected chi connectivity index (χ2v) is 6.19. The highest BCUT2D eigenvalue weighted by atomic mass is 19.2. The molecule has 1 atom stereocenters. The molecule has 3 rings (SSSR count). The lowest BCUT2D eigenvalue weighted by atomic mass is 9.88. The molecule has 0 spiro atoms. The van der Waals surface area contributed by atoms with Crippen LogP contribution in [0, 0.1) is 23.4 Å². The Labute approximate surface area is 128 Å². The Hall–Kier alpha value is -1.27. The zero-order valence-corrected chi connectivity index (χ0v) is 12.4. The van der Waals surface area contributed by atoms with Crippen LogP contribution >= 0.6 is 0 Å². The Morgan fingerprint density at radius 2 is 1.73 bits per heavy atom. The number of benzene rings is 1. The van der Waals surface area contributed by atoms with E-state index in [2.05, 4.69) is 10.2 Å². The molecule has 1 saturated heterocycles. The number of rotatable bonds is 3. The summed E-state index contributed by atoms with van der Waals surface area (Å²) in [6, 6.07) is 0.303. The average Bonchev–Trinajstić information content (AvgIpc) is 3.04. The van der Waals surface area contributed by atoms with E-state index in [1.54, 1.807) is 0 Å². The molecule has 1 heterocycles. The van der Waals surface area contributed by atoms with Crippen LogP contribution in [0.5, 0.6) is 5.75 Å². The van der Waals surface area contributed by atoms with Gasteiger partial charge in [-0.1, -0.05) is 12.8 Å². The molecule has 0 bridgehead atoms. The molecule has 0 radical (unpaired) electrons. The molecule has 2 fully saturated rings. The van der Waals surface area contributed by atoms with Gasteiger partial charge in [0.05, 0.1) is 5.56 Å². The number of piperazine rings is 1. The van der Waals surface area contributed by atoms with E-state index in [0.717, 1.165) is 38.8 Å². The summed E-state index contributed by atoms with van der Waals surface area (Å²) < 4.78 is 41.4. The minimum absolute atomic E-state index is 0.0762. The Morgan fingerprint density at radius 3 is 2.36 bits per heavy atom. The third-order valence-electron chi connectivity index (χ3n) is 4.87. The summed E-state index contributed by atoms with van der Waals surface area (Å²) in [5.41, 5.74) is -0.0762. The van der Waals surface area contributed by atoms with Crippen molar-refractivity contribution in [2.24, 2.45) is 5.92 Å². The molecule has 1 aromatic rings. The highest BCUT2D eigenvalue weighted by Crippen LogP contribution is 2.44. The van der Waals surface area contributed by atoms with Gasteiger partial charge in [0.25, 0.3) is 0 Å². The van der Waals surface area contributed by atoms with Gasteiger partial charge in [0, 0.05) is 38.3 Å². The predicted octanol–water partition coefficient (Wildman–Crippen LogP) is 2.95. The first-order valence-corrected chi connectivity index (χ1v) is 7.90. The lowest BCUT2D eigenvalue weighted by Gasteiger charge is -2.39. The van der Waals surface area contributed by atoms with Crippen molar-refractivity contribution in [1.29, 1.82) is 0 Å². The standard InChI is InChI=1S/C16H21F3N2O/c17-11-9-12(22)13(15(19)14(11)18)16(10-3-1-2-4-10)21-7-5-20-6-8-21/h9-10,16,20,22H,1-8H2/t16-/m1/s1. The van der Waals surface area contributed by atoms with Crippen LogP contribution in [-0.2, 0) is 0 Å². The first-order chi connectivity index (χ1) is 10.6. The summed E-state index contributed by atoms with van der Waals surface area (Å²) in [4.78, 5) is 2.09. The molecule has 0 unspecified atom stereocenters. The quantitative estimate of drug-likeness (QED) is 0.842. The molecule has 1 aliphatic carbocycles. The molecule has 3 nitrogen and oxygen atoms in total. The van der Waals surface area contributed by atoms with E-state index in [0.29, 0.717) is 19.2 Å². The van der Waals surface area contributed by atoms with Crippen molar-refractivity contribution < 1.29 is 18.3 Å². The number of nitrogens with one attached hydrogen (secondary N) is 1. The first kappa shape index (κ1) is 15.6. The van der Waals surface area contributed by atoms with Crippen LogP contribution in [0.1, 0.15) is 37.3 Å². The largest absolute Gasteiger partial charge is 0.507 e. The lowest BCUT2D eigenvalue weighted by molar-refractivity contribution is 0.119. The van der Waals surface area contributed by atoms with Crippen molar-refractivity contribution in [1.82, 2.24) is 10.2 Å². The number of hydrogen-bond donors (Lipinski definition) is 2. The minimum Gasteiger partial charge on any atom is -0.507 e. The summed E-state index contributed by atoms with van der Waals surface area (Å²) >= 11 is 0. The van der Waals surface area contributed by atoms with E-state index in [4.69, 9.17) is 0 Å². The van der Waals surface area contributed by atoms with Crippen molar-refractivity contribution in [3.8, 4) is 5.75 Å². The van der Waals surface area contributed by atoms with Crippen molar-refractivity contribution in [3.05, 3.63) is 29.1 Å². The molecule has 2 N–H and O–H groups in total. The number of phenols is 1. The van der Waals surface area contributed by atoms with Gasteiger partial charge in [-0.3, -0.25) is 4.90 Å². The monoisotopic (exact) mass is 314 g/mol. The molecule has 1 saturated carbocycles. The zero-order valence-electron chi connectivity index (χ0n) is 12.4. The molecule has 0 amide bonds. The lowest BCUT2D eigenvalue weighted by Crippen LogP contribution is -2.47. The van der Waals surface area contributed by atoms with Crippen molar-refractivity contribution in [2.75, 3.05) is 26.2 Å². The van der Waals surface area contributed by atoms with Gasteiger partial charge in [-0.15, -0.1) is 0 Å². The SMILES string of the molecule is Oc1cc(F)c(F)c(F)c1[C@@H](C1CCCC1)N1CCNCC1. The van der Waals surface area contributed by atoms with E-state index >= 15 is 0 Å². The van der Waals surface area contributed by atoms with Gasteiger partial charge in [0.1, 0.15) is 5.75 Å². The van der Waals surface area contributed by atoms with E-state index in [1.165, 1.54) is 0 Å². The van der Waals surface area contributed by atoms with E-state index in [1.807, 2.05) is 0 Å². The Balaban J connectivity index is 2.03. The van der Waals surface area contributed by atoms with Crippen molar-refractivity contribution >= 4 is 0 Å². The van der Waals surface area contributed by atoms with E-state index < -0.39 is 23.2 Å². The maximum Gasteiger partial charge on any atom is 0.195 e. The van der Waals surface area contributed by atoms with Gasteiger partial charge in [-0.2, -0.15) is 0 Å². The molecular weight excluding hydrogens is 293 g/mol. The number of phenolic OH excluding ortho intramolecular Hbond substituents is 1. The summed E-state index contributed by atoms with van der Waals surface area (Å²) in [6.45, 7) is 2.96. The molecule has 2 aliphatic rings. The number of aromatic hydroxyl groups is 1. The van der Waals surface area contributed by atoms with Crippen LogP contribution in [0.3, 0.4) is 0 Å². The third kappa shape index (κ3) is 2.82. The van der Waals surface area contributed by atoms with Crippen molar-refractivity contribution in [2.45, 2.75) is 31.7 Å². The van der Waals surface area contributed by atoms with Crippen LogP contribution in [0.2, 0.25) is 0 Å². The Kier molecular flexibility index (Phi) is 4.59. The summed E-state index contributed by atoms with van der Waals surface area (Å²) in [7, 11) is 0. The number of halogens is 3. The summed E-state index contributed by atoms with van der Waals surface area (Å²) in [5, 5.41) is 13.3. The van der Waals surface area contributed by atoms with Gasteiger partial charge in [-0.25, -0.2) is 13.2 Å². The minimum atomic E-state index is -1.49. The molecule has 122 valence electrons. The maximum absolute atomic E-state index is 14.4. The third-order valence-corrected chi connectivity index (χ3v) is 4.87. The fourth-order valence-corrected chi connectivity index (χ4v) is 3.83. The van der Waals surface area contributed by atoms with Gasteiger partial charge in [0.2, 0.25) is 0 Å². The van der Waals surface area contributed by atoms with Crippen LogP contribution in [0.4, 0.5) is 13.2 Å². The van der Waals surface area contributed by atoms with Gasteiger partial charge in [-0.05, 0) is 18.8 Å². The van der Waals surface area contributed by atoms with E-state index in [-0.39, 0.29) is 17.5 Å². The molecule has 1 aromatic carbocycles. The topological polar surface area (TPSA) is 35.5 Å². The van der Waals surface area contributed by atoms with Crippen LogP contribution < -0.4 is 5.32 Å². The Morgan fingerprint density at radius 1 is 1.09 bits per heavy atom. The second kappa shape index (κ2) is 6.46. The molecule has 6 heteroatoms. The van der Waals surface area contributed by atoms with Gasteiger partial charge in [0.15, 0.2) is 17.5 Å². The number of nitrogens with zero attached hydrogens (tertiary/aromatic N) is 1. The van der Waals surface area contributed by atoms with Gasteiger partial charge >= 0.3 is 0 Å². The highest BCUT2D eigenvalue weighted by molar-refractivity contribution is 5.38. The average molecular weight is 314 g/mol. The molecule has 1 aliphatic heterocycles. The molecule has 22 heavy (non-hydrogen) atoms. The molecular formula is C16H21F3N2O. The summed E-state index contributed by atoms with van der Waals surface area (Å²) in [5.74, 6) is -4.39. The van der Waals surface area contributed by atoms with Crippen LogP contribution in [-0.4, -0.2) is 36.2 Å². The smallest absolute Gasteiger partial charge is 0.195 e. The zero-order chi connectivity index (χ0) is 15.7. The predicted molar refractivity (Wildman–Crippen MR) is 77.1 cm³/mol. The number of hydrogen-bond acceptors (Lipinski definition) is 3. The van der Waals surface area contributed by atoms with Gasteiger partial charge < -0.3 is 10.4 Å². The fraction of sp³-hybridized carbons (Fsp3) is 0.625. The Bertz CT molecular complexity index is 541. The second-order valence-electron chi connectivity index (χ2n) is 6.19.